The zero-order chi connectivity index (χ0) is 16.5. The van der Waals surface area contributed by atoms with Gasteiger partial charge in [0.15, 0.2) is 0 Å². The molecule has 0 aliphatic rings. The SMILES string of the molecule is CCCCCCCCCCCc1cc2ccc(C(=O)O)cc2[nH]1. The smallest absolute Gasteiger partial charge is 0.335 e. The first-order valence-corrected chi connectivity index (χ1v) is 9.05. The van der Waals surface area contributed by atoms with Crippen molar-refractivity contribution < 1.29 is 9.90 Å². The molecule has 3 nitrogen and oxygen atoms in total. The van der Waals surface area contributed by atoms with Crippen LogP contribution in [0.25, 0.3) is 10.9 Å². The molecular weight excluding hydrogens is 286 g/mol. The van der Waals surface area contributed by atoms with Gasteiger partial charge in [-0.3, -0.25) is 0 Å². The number of carboxylic acid groups (broad SMARTS) is 1. The summed E-state index contributed by atoms with van der Waals surface area (Å²) in [5.74, 6) is -0.873. The number of unbranched alkanes of at least 4 members (excludes halogenated alkanes) is 8. The van der Waals surface area contributed by atoms with E-state index in [1.165, 1.54) is 63.5 Å². The largest absolute Gasteiger partial charge is 0.478 e. The number of benzene rings is 1. The first kappa shape index (κ1) is 17.6. The van der Waals surface area contributed by atoms with E-state index in [0.29, 0.717) is 5.56 Å². The van der Waals surface area contributed by atoms with Crippen LogP contribution >= 0.6 is 0 Å². The lowest BCUT2D eigenvalue weighted by Gasteiger charge is -2.01. The Morgan fingerprint density at radius 1 is 0.957 bits per heavy atom. The number of hydrogen-bond acceptors (Lipinski definition) is 1. The van der Waals surface area contributed by atoms with Crippen LogP contribution in [0.2, 0.25) is 0 Å². The Hall–Kier alpha value is -1.77. The quantitative estimate of drug-likeness (QED) is 0.504. The van der Waals surface area contributed by atoms with Crippen molar-refractivity contribution in [3.63, 3.8) is 0 Å². The predicted molar refractivity (Wildman–Crippen MR) is 96.2 cm³/mol. The van der Waals surface area contributed by atoms with Gasteiger partial charge in [0.05, 0.1) is 5.56 Å². The Morgan fingerprint density at radius 3 is 2.26 bits per heavy atom. The van der Waals surface area contributed by atoms with E-state index in [1.807, 2.05) is 6.07 Å². The van der Waals surface area contributed by atoms with Gasteiger partial charge in [0.25, 0.3) is 0 Å². The number of aromatic nitrogens is 1. The van der Waals surface area contributed by atoms with Gasteiger partial charge in [0, 0.05) is 11.2 Å². The van der Waals surface area contributed by atoms with E-state index < -0.39 is 5.97 Å². The second-order valence-electron chi connectivity index (χ2n) is 6.48. The van der Waals surface area contributed by atoms with Crippen LogP contribution in [0.5, 0.6) is 0 Å². The second-order valence-corrected chi connectivity index (χ2v) is 6.48. The van der Waals surface area contributed by atoms with Crippen LogP contribution in [0.3, 0.4) is 0 Å². The number of carboxylic acids is 1. The van der Waals surface area contributed by atoms with Gasteiger partial charge in [-0.15, -0.1) is 0 Å². The minimum absolute atomic E-state index is 0.342. The van der Waals surface area contributed by atoms with Crippen molar-refractivity contribution in [1.82, 2.24) is 4.98 Å². The first-order valence-electron chi connectivity index (χ1n) is 9.05. The van der Waals surface area contributed by atoms with Gasteiger partial charge in [-0.25, -0.2) is 4.79 Å². The average Bonchev–Trinajstić information content (AvgIpc) is 2.95. The lowest BCUT2D eigenvalue weighted by Crippen LogP contribution is -1.94. The molecule has 0 atom stereocenters. The van der Waals surface area contributed by atoms with Crippen LogP contribution in [0, 0.1) is 0 Å². The Kier molecular flexibility index (Phi) is 7.18. The molecule has 2 rings (SSSR count). The van der Waals surface area contributed by atoms with Crippen LogP contribution in [0.1, 0.15) is 80.8 Å². The standard InChI is InChI=1S/C20H29NO2/c1-2-3-4-5-6-7-8-9-10-11-18-14-16-12-13-17(20(22)23)15-19(16)21-18/h12-15,21H,2-11H2,1H3,(H,22,23). The third kappa shape index (κ3) is 5.74. The van der Waals surface area contributed by atoms with Crippen LogP contribution in [-0.4, -0.2) is 16.1 Å². The van der Waals surface area contributed by atoms with Crippen molar-refractivity contribution in [3.8, 4) is 0 Å². The van der Waals surface area contributed by atoms with E-state index in [9.17, 15) is 4.79 Å². The summed E-state index contributed by atoms with van der Waals surface area (Å²) >= 11 is 0. The zero-order valence-electron chi connectivity index (χ0n) is 14.2. The van der Waals surface area contributed by atoms with Crippen molar-refractivity contribution in [1.29, 1.82) is 0 Å². The summed E-state index contributed by atoms with van der Waals surface area (Å²) in [5, 5.41) is 10.1. The van der Waals surface area contributed by atoms with Gasteiger partial charge >= 0.3 is 5.97 Å². The fraction of sp³-hybridized carbons (Fsp3) is 0.550. The normalized spacial score (nSPS) is 11.2. The molecule has 0 saturated heterocycles. The van der Waals surface area contributed by atoms with E-state index in [0.717, 1.165) is 17.3 Å². The molecule has 0 radical (unpaired) electrons. The van der Waals surface area contributed by atoms with Gasteiger partial charge in [0.1, 0.15) is 0 Å². The third-order valence-electron chi connectivity index (χ3n) is 4.47. The summed E-state index contributed by atoms with van der Waals surface area (Å²) in [4.78, 5) is 14.3. The minimum atomic E-state index is -0.873. The Labute approximate surface area is 139 Å². The molecule has 0 saturated carbocycles. The molecule has 0 fully saturated rings. The summed E-state index contributed by atoms with van der Waals surface area (Å²) in [6.07, 6.45) is 13.1. The maximum Gasteiger partial charge on any atom is 0.335 e. The second kappa shape index (κ2) is 9.39. The number of H-pyrrole nitrogens is 1. The highest BCUT2D eigenvalue weighted by Gasteiger charge is 2.06. The predicted octanol–water partition coefficient (Wildman–Crippen LogP) is 5.94. The number of aromatic amines is 1. The van der Waals surface area contributed by atoms with Crippen molar-refractivity contribution in [2.24, 2.45) is 0 Å². The molecule has 0 aliphatic carbocycles. The van der Waals surface area contributed by atoms with E-state index in [-0.39, 0.29) is 0 Å². The molecule has 1 aromatic heterocycles. The number of nitrogens with one attached hydrogen (secondary N) is 1. The zero-order valence-corrected chi connectivity index (χ0v) is 14.2. The molecule has 23 heavy (non-hydrogen) atoms. The van der Waals surface area contributed by atoms with Gasteiger partial charge in [0.2, 0.25) is 0 Å². The number of fused-ring (bicyclic) bond motifs is 1. The first-order chi connectivity index (χ1) is 11.2. The third-order valence-corrected chi connectivity index (χ3v) is 4.47. The number of aromatic carboxylic acids is 1. The highest BCUT2D eigenvalue weighted by molar-refractivity contribution is 5.93. The highest BCUT2D eigenvalue weighted by atomic mass is 16.4. The molecule has 0 unspecified atom stereocenters. The average molecular weight is 315 g/mol. The van der Waals surface area contributed by atoms with Crippen molar-refractivity contribution >= 4 is 16.9 Å². The summed E-state index contributed by atoms with van der Waals surface area (Å²) in [6, 6.07) is 7.42. The molecule has 0 spiro atoms. The van der Waals surface area contributed by atoms with Crippen molar-refractivity contribution in [2.45, 2.75) is 71.1 Å². The van der Waals surface area contributed by atoms with Crippen LogP contribution in [0.15, 0.2) is 24.3 Å². The van der Waals surface area contributed by atoms with Crippen LogP contribution in [0.4, 0.5) is 0 Å². The summed E-state index contributed by atoms with van der Waals surface area (Å²) < 4.78 is 0. The maximum atomic E-state index is 11.0. The van der Waals surface area contributed by atoms with Crippen molar-refractivity contribution in [2.75, 3.05) is 0 Å². The fourth-order valence-electron chi connectivity index (χ4n) is 3.08. The molecule has 1 heterocycles. The minimum Gasteiger partial charge on any atom is -0.478 e. The Morgan fingerprint density at radius 2 is 1.61 bits per heavy atom. The molecule has 126 valence electrons. The number of hydrogen-bond donors (Lipinski definition) is 2. The van der Waals surface area contributed by atoms with Gasteiger partial charge in [-0.05, 0) is 36.4 Å². The summed E-state index contributed by atoms with van der Waals surface area (Å²) in [7, 11) is 0. The summed E-state index contributed by atoms with van der Waals surface area (Å²) in [6.45, 7) is 2.26. The molecule has 2 aromatic rings. The van der Waals surface area contributed by atoms with Gasteiger partial charge < -0.3 is 10.1 Å². The van der Waals surface area contributed by atoms with Crippen LogP contribution in [-0.2, 0) is 6.42 Å². The topological polar surface area (TPSA) is 53.1 Å². The monoisotopic (exact) mass is 315 g/mol. The highest BCUT2D eigenvalue weighted by Crippen LogP contribution is 2.19. The number of aryl methyl sites for hydroxylation is 1. The van der Waals surface area contributed by atoms with E-state index in [1.54, 1.807) is 12.1 Å². The number of carbonyl (C=O) groups is 1. The molecule has 0 amide bonds. The molecule has 1 aromatic carbocycles. The molecule has 0 bridgehead atoms. The van der Waals surface area contributed by atoms with Crippen molar-refractivity contribution in [3.05, 3.63) is 35.5 Å². The van der Waals surface area contributed by atoms with E-state index in [2.05, 4.69) is 18.0 Å². The number of rotatable bonds is 11. The molecular formula is C20H29NO2. The lowest BCUT2D eigenvalue weighted by atomic mass is 10.1. The lowest BCUT2D eigenvalue weighted by molar-refractivity contribution is 0.0697. The van der Waals surface area contributed by atoms with Gasteiger partial charge in [-0.1, -0.05) is 64.4 Å². The Balaban J connectivity index is 1.68. The molecule has 0 aliphatic heterocycles. The maximum absolute atomic E-state index is 11.0. The van der Waals surface area contributed by atoms with E-state index in [4.69, 9.17) is 5.11 Å². The van der Waals surface area contributed by atoms with Crippen LogP contribution < -0.4 is 0 Å². The molecule has 3 heteroatoms. The fourth-order valence-corrected chi connectivity index (χ4v) is 3.08. The molecule has 2 N–H and O–H groups in total. The summed E-state index contributed by atoms with van der Waals surface area (Å²) in [5.41, 5.74) is 2.48. The van der Waals surface area contributed by atoms with Gasteiger partial charge in [-0.2, -0.15) is 0 Å². The Bertz CT molecular complexity index is 615. The van der Waals surface area contributed by atoms with E-state index >= 15 is 0 Å².